The van der Waals surface area contributed by atoms with Gasteiger partial charge >= 0.3 is 0 Å². The zero-order valence-electron chi connectivity index (χ0n) is 9.79. The second kappa shape index (κ2) is 4.06. The lowest BCUT2D eigenvalue weighted by Gasteiger charge is -2.08. The largest absolute Gasteiger partial charge is 0.389 e. The van der Waals surface area contributed by atoms with Crippen molar-refractivity contribution in [2.45, 2.75) is 20.3 Å². The molecule has 0 spiro atoms. The fraction of sp³-hybridized carbons (Fsp3) is 0.462. The highest BCUT2D eigenvalue weighted by Gasteiger charge is 2.44. The van der Waals surface area contributed by atoms with Crippen LogP contribution in [-0.2, 0) is 0 Å². The van der Waals surface area contributed by atoms with Gasteiger partial charge in [-0.2, -0.15) is 0 Å². The molecule has 0 radical (unpaired) electrons. The molecule has 1 aliphatic carbocycles. The summed E-state index contributed by atoms with van der Waals surface area (Å²) < 4.78 is 0. The zero-order chi connectivity index (χ0) is 11.8. The van der Waals surface area contributed by atoms with Crippen LogP contribution in [0.4, 0.5) is 5.69 Å². The van der Waals surface area contributed by atoms with Crippen molar-refractivity contribution in [2.75, 3.05) is 11.9 Å². The van der Waals surface area contributed by atoms with E-state index in [0.717, 1.165) is 23.7 Å². The summed E-state index contributed by atoms with van der Waals surface area (Å²) in [6.45, 7) is 5.68. The Labute approximate surface area is 102 Å². The minimum Gasteiger partial charge on any atom is -0.389 e. The van der Waals surface area contributed by atoms with Gasteiger partial charge in [0.15, 0.2) is 0 Å². The van der Waals surface area contributed by atoms with Gasteiger partial charge in [0.05, 0.1) is 0 Å². The maximum atomic E-state index is 5.54. The van der Waals surface area contributed by atoms with Crippen LogP contribution in [0.1, 0.15) is 25.8 Å². The molecular weight excluding hydrogens is 216 g/mol. The average molecular weight is 234 g/mol. The van der Waals surface area contributed by atoms with E-state index in [4.69, 9.17) is 18.0 Å². The molecule has 86 valence electrons. The van der Waals surface area contributed by atoms with E-state index in [1.807, 2.05) is 24.3 Å². The van der Waals surface area contributed by atoms with Crippen molar-refractivity contribution >= 4 is 22.9 Å². The highest BCUT2D eigenvalue weighted by molar-refractivity contribution is 7.80. The maximum absolute atomic E-state index is 5.54. The molecule has 1 aromatic carbocycles. The van der Waals surface area contributed by atoms with Gasteiger partial charge < -0.3 is 11.1 Å². The normalized spacial score (nSPS) is 21.5. The molecule has 0 bridgehead atoms. The van der Waals surface area contributed by atoms with Gasteiger partial charge in [0.25, 0.3) is 0 Å². The van der Waals surface area contributed by atoms with Crippen molar-refractivity contribution in [3.05, 3.63) is 29.8 Å². The molecular formula is C13H18N2S. The smallest absolute Gasteiger partial charge is 0.103 e. The Morgan fingerprint density at radius 2 is 2.00 bits per heavy atom. The standard InChI is InChI=1S/C13H18N2S/c1-13(2)7-10(13)8-15-11-5-3-9(4-6-11)12(14)16/h3-6,10,15H,7-8H2,1-2H3,(H2,14,16). The third kappa shape index (κ3) is 2.53. The molecule has 3 heteroatoms. The van der Waals surface area contributed by atoms with Gasteiger partial charge in [-0.05, 0) is 42.0 Å². The van der Waals surface area contributed by atoms with Crippen LogP contribution in [0, 0.1) is 11.3 Å². The molecule has 16 heavy (non-hydrogen) atoms. The first-order valence-electron chi connectivity index (χ1n) is 5.63. The lowest BCUT2D eigenvalue weighted by atomic mass is 10.1. The van der Waals surface area contributed by atoms with Crippen molar-refractivity contribution in [3.63, 3.8) is 0 Å². The third-order valence-electron chi connectivity index (χ3n) is 3.44. The Morgan fingerprint density at radius 1 is 1.44 bits per heavy atom. The van der Waals surface area contributed by atoms with Crippen LogP contribution in [0.15, 0.2) is 24.3 Å². The van der Waals surface area contributed by atoms with Crippen LogP contribution in [0.25, 0.3) is 0 Å². The van der Waals surface area contributed by atoms with Crippen LogP contribution < -0.4 is 11.1 Å². The van der Waals surface area contributed by atoms with Crippen LogP contribution in [-0.4, -0.2) is 11.5 Å². The second-order valence-electron chi connectivity index (χ2n) is 5.21. The zero-order valence-corrected chi connectivity index (χ0v) is 10.6. The van der Waals surface area contributed by atoms with E-state index in [-0.39, 0.29) is 0 Å². The second-order valence-corrected chi connectivity index (χ2v) is 5.65. The molecule has 0 amide bonds. The molecule has 1 saturated carbocycles. The van der Waals surface area contributed by atoms with Crippen molar-refractivity contribution in [1.29, 1.82) is 0 Å². The van der Waals surface area contributed by atoms with E-state index in [1.54, 1.807) is 0 Å². The van der Waals surface area contributed by atoms with E-state index in [1.165, 1.54) is 6.42 Å². The Bertz CT molecular complexity index is 395. The first-order valence-corrected chi connectivity index (χ1v) is 6.03. The van der Waals surface area contributed by atoms with Crippen molar-refractivity contribution in [1.82, 2.24) is 0 Å². The van der Waals surface area contributed by atoms with Gasteiger partial charge in [-0.25, -0.2) is 0 Å². The first kappa shape index (κ1) is 11.4. The monoisotopic (exact) mass is 234 g/mol. The Morgan fingerprint density at radius 3 is 2.44 bits per heavy atom. The number of hydrogen-bond acceptors (Lipinski definition) is 2. The molecule has 2 nitrogen and oxygen atoms in total. The minimum absolute atomic E-state index is 0.454. The fourth-order valence-electron chi connectivity index (χ4n) is 1.92. The molecule has 2 rings (SSSR count). The third-order valence-corrected chi connectivity index (χ3v) is 3.68. The number of nitrogens with one attached hydrogen (secondary N) is 1. The molecule has 1 aliphatic rings. The van der Waals surface area contributed by atoms with Crippen molar-refractivity contribution in [3.8, 4) is 0 Å². The van der Waals surface area contributed by atoms with Gasteiger partial charge in [-0.1, -0.05) is 26.1 Å². The number of rotatable bonds is 4. The van der Waals surface area contributed by atoms with Gasteiger partial charge in [0.1, 0.15) is 4.99 Å². The number of thiocarbonyl (C=S) groups is 1. The quantitative estimate of drug-likeness (QED) is 0.787. The van der Waals surface area contributed by atoms with Crippen LogP contribution in [0.3, 0.4) is 0 Å². The molecule has 0 aliphatic heterocycles. The molecule has 1 aromatic rings. The summed E-state index contributed by atoms with van der Waals surface area (Å²) in [7, 11) is 0. The summed E-state index contributed by atoms with van der Waals surface area (Å²) in [4.78, 5) is 0.454. The Balaban J connectivity index is 1.88. The van der Waals surface area contributed by atoms with E-state index in [0.29, 0.717) is 10.4 Å². The highest BCUT2D eigenvalue weighted by atomic mass is 32.1. The van der Waals surface area contributed by atoms with E-state index in [2.05, 4.69) is 19.2 Å². The number of hydrogen-bond donors (Lipinski definition) is 2. The Hall–Kier alpha value is -1.09. The lowest BCUT2D eigenvalue weighted by molar-refractivity contribution is 0.573. The predicted molar refractivity (Wildman–Crippen MR) is 72.7 cm³/mol. The summed E-state index contributed by atoms with van der Waals surface area (Å²) in [5, 5.41) is 3.44. The van der Waals surface area contributed by atoms with Gasteiger partial charge in [0.2, 0.25) is 0 Å². The molecule has 0 heterocycles. The average Bonchev–Trinajstić information content (AvgIpc) is 2.84. The summed E-state index contributed by atoms with van der Waals surface area (Å²) in [5.74, 6) is 0.808. The molecule has 1 fully saturated rings. The van der Waals surface area contributed by atoms with Crippen LogP contribution >= 0.6 is 12.2 Å². The van der Waals surface area contributed by atoms with Gasteiger partial charge in [-0.15, -0.1) is 0 Å². The van der Waals surface area contributed by atoms with Gasteiger partial charge in [-0.3, -0.25) is 0 Å². The van der Waals surface area contributed by atoms with E-state index < -0.39 is 0 Å². The minimum atomic E-state index is 0.454. The summed E-state index contributed by atoms with van der Waals surface area (Å²) in [5.41, 5.74) is 8.14. The maximum Gasteiger partial charge on any atom is 0.103 e. The summed E-state index contributed by atoms with van der Waals surface area (Å²) in [6, 6.07) is 7.99. The Kier molecular flexibility index (Phi) is 2.89. The first-order chi connectivity index (χ1) is 7.49. The predicted octanol–water partition coefficient (Wildman–Crippen LogP) is 2.78. The van der Waals surface area contributed by atoms with Crippen molar-refractivity contribution in [2.24, 2.45) is 17.1 Å². The van der Waals surface area contributed by atoms with E-state index in [9.17, 15) is 0 Å². The number of benzene rings is 1. The molecule has 1 unspecified atom stereocenters. The summed E-state index contributed by atoms with van der Waals surface area (Å²) in [6.07, 6.45) is 1.32. The molecule has 0 saturated heterocycles. The molecule has 0 aromatic heterocycles. The van der Waals surface area contributed by atoms with Crippen LogP contribution in [0.5, 0.6) is 0 Å². The number of nitrogens with two attached hydrogens (primary N) is 1. The summed E-state index contributed by atoms with van der Waals surface area (Å²) >= 11 is 4.91. The van der Waals surface area contributed by atoms with Crippen molar-refractivity contribution < 1.29 is 0 Å². The topological polar surface area (TPSA) is 38.0 Å². The SMILES string of the molecule is CC1(C)CC1CNc1ccc(C(N)=S)cc1. The van der Waals surface area contributed by atoms with E-state index >= 15 is 0 Å². The molecule has 3 N–H and O–H groups in total. The fourth-order valence-corrected chi connectivity index (χ4v) is 2.05. The van der Waals surface area contributed by atoms with Gasteiger partial charge in [0, 0.05) is 17.8 Å². The lowest BCUT2D eigenvalue weighted by Crippen LogP contribution is -2.10. The number of anilines is 1. The highest BCUT2D eigenvalue weighted by Crippen LogP contribution is 2.51. The van der Waals surface area contributed by atoms with Crippen LogP contribution in [0.2, 0.25) is 0 Å². The molecule has 1 atom stereocenters.